The van der Waals surface area contributed by atoms with Gasteiger partial charge in [-0.05, 0) is 43.2 Å². The molecule has 0 bridgehead atoms. The van der Waals surface area contributed by atoms with Crippen LogP contribution in [0.4, 0.5) is 5.69 Å². The third-order valence-electron chi connectivity index (χ3n) is 4.10. The smallest absolute Gasteiger partial charge is 0.311 e. The Morgan fingerprint density at radius 2 is 2.15 bits per heavy atom. The first-order valence-electron chi connectivity index (χ1n) is 7.29. The minimum absolute atomic E-state index is 0.0216. The van der Waals surface area contributed by atoms with Crippen LogP contribution >= 0.6 is 0 Å². The molecule has 0 radical (unpaired) electrons. The highest BCUT2D eigenvalue weighted by atomic mass is 16.6. The molecule has 110 valence electrons. The van der Waals surface area contributed by atoms with Gasteiger partial charge in [-0.25, -0.2) is 0 Å². The van der Waals surface area contributed by atoms with Crippen LogP contribution in [0.15, 0.2) is 18.2 Å². The topological polar surface area (TPSA) is 78.4 Å². The lowest BCUT2D eigenvalue weighted by atomic mass is 9.85. The molecule has 5 nitrogen and oxygen atoms in total. The van der Waals surface area contributed by atoms with Gasteiger partial charge in [0, 0.05) is 12.6 Å². The van der Waals surface area contributed by atoms with Crippen molar-refractivity contribution in [1.29, 1.82) is 0 Å². The minimum atomic E-state index is -0.391. The molecule has 0 aromatic heterocycles. The molecule has 1 aromatic carbocycles. The molecule has 1 aliphatic rings. The number of ether oxygens (including phenoxy) is 1. The summed E-state index contributed by atoms with van der Waals surface area (Å²) in [6.45, 7) is 2.44. The van der Waals surface area contributed by atoms with Crippen LogP contribution in [-0.2, 0) is 6.54 Å². The monoisotopic (exact) mass is 278 g/mol. The molecule has 0 heterocycles. The van der Waals surface area contributed by atoms with Crippen LogP contribution in [0, 0.1) is 16.0 Å². The van der Waals surface area contributed by atoms with Crippen molar-refractivity contribution in [2.75, 3.05) is 0 Å². The van der Waals surface area contributed by atoms with Gasteiger partial charge < -0.3 is 10.5 Å². The van der Waals surface area contributed by atoms with Crippen LogP contribution in [0.1, 0.15) is 44.6 Å². The molecule has 0 saturated heterocycles. The highest BCUT2D eigenvalue weighted by molar-refractivity contribution is 5.48. The van der Waals surface area contributed by atoms with Gasteiger partial charge in [0.2, 0.25) is 0 Å². The Morgan fingerprint density at radius 1 is 1.40 bits per heavy atom. The average Bonchev–Trinajstić information content (AvgIpc) is 2.48. The number of nitrogens with zero attached hydrogens (tertiary/aromatic N) is 1. The molecule has 1 aromatic rings. The maximum Gasteiger partial charge on any atom is 0.311 e. The number of rotatable bonds is 5. The van der Waals surface area contributed by atoms with Crippen LogP contribution < -0.4 is 10.5 Å². The van der Waals surface area contributed by atoms with Crippen LogP contribution in [-0.4, -0.2) is 11.0 Å². The van der Waals surface area contributed by atoms with Crippen molar-refractivity contribution < 1.29 is 9.66 Å². The molecule has 1 saturated carbocycles. The summed E-state index contributed by atoms with van der Waals surface area (Å²) in [5.74, 6) is 0.870. The zero-order valence-corrected chi connectivity index (χ0v) is 11.9. The molecule has 5 heteroatoms. The third-order valence-corrected chi connectivity index (χ3v) is 4.10. The normalized spacial score (nSPS) is 22.5. The van der Waals surface area contributed by atoms with Crippen LogP contribution in [0.3, 0.4) is 0 Å². The molecular weight excluding hydrogens is 256 g/mol. The second kappa shape index (κ2) is 6.70. The van der Waals surface area contributed by atoms with Crippen LogP contribution in [0.2, 0.25) is 0 Å². The largest absolute Gasteiger partial charge is 0.483 e. The molecular formula is C15H22N2O3. The number of hydrogen-bond acceptors (Lipinski definition) is 4. The lowest BCUT2D eigenvalue weighted by molar-refractivity contribution is -0.386. The number of hydrogen-bond donors (Lipinski definition) is 1. The fraction of sp³-hybridized carbons (Fsp3) is 0.600. The van der Waals surface area contributed by atoms with E-state index in [9.17, 15) is 10.1 Å². The molecule has 2 N–H and O–H groups in total. The first-order valence-corrected chi connectivity index (χ1v) is 7.29. The maximum atomic E-state index is 11.2. The molecule has 2 atom stereocenters. The lowest BCUT2D eigenvalue weighted by Gasteiger charge is -2.31. The minimum Gasteiger partial charge on any atom is -0.483 e. The summed E-state index contributed by atoms with van der Waals surface area (Å²) in [4.78, 5) is 10.8. The van der Waals surface area contributed by atoms with E-state index in [0.717, 1.165) is 31.2 Å². The van der Waals surface area contributed by atoms with Gasteiger partial charge in [-0.2, -0.15) is 0 Å². The Morgan fingerprint density at radius 3 is 2.80 bits per heavy atom. The molecule has 1 aliphatic carbocycles. The summed E-state index contributed by atoms with van der Waals surface area (Å²) >= 11 is 0. The van der Waals surface area contributed by atoms with E-state index >= 15 is 0 Å². The summed E-state index contributed by atoms with van der Waals surface area (Å²) in [6.07, 6.45) is 5.64. The van der Waals surface area contributed by atoms with Crippen molar-refractivity contribution in [2.24, 2.45) is 11.7 Å². The molecule has 0 spiro atoms. The summed E-state index contributed by atoms with van der Waals surface area (Å²) in [5.41, 5.74) is 6.30. The van der Waals surface area contributed by atoms with Crippen molar-refractivity contribution in [1.82, 2.24) is 0 Å². The van der Waals surface area contributed by atoms with Crippen LogP contribution in [0.5, 0.6) is 5.75 Å². The van der Waals surface area contributed by atoms with E-state index in [1.165, 1.54) is 12.5 Å². The average molecular weight is 278 g/mol. The van der Waals surface area contributed by atoms with Gasteiger partial charge in [0.05, 0.1) is 4.92 Å². The predicted octanol–water partition coefficient (Wildman–Crippen LogP) is 3.40. The summed E-state index contributed by atoms with van der Waals surface area (Å²) in [5, 5.41) is 11.2. The fourth-order valence-corrected chi connectivity index (χ4v) is 2.89. The molecule has 20 heavy (non-hydrogen) atoms. The van der Waals surface area contributed by atoms with E-state index in [-0.39, 0.29) is 11.8 Å². The van der Waals surface area contributed by atoms with Gasteiger partial charge in [0.25, 0.3) is 0 Å². The van der Waals surface area contributed by atoms with Crippen molar-refractivity contribution in [2.45, 2.75) is 51.7 Å². The van der Waals surface area contributed by atoms with Gasteiger partial charge in [-0.3, -0.25) is 10.1 Å². The summed E-state index contributed by atoms with van der Waals surface area (Å²) < 4.78 is 5.97. The van der Waals surface area contributed by atoms with Gasteiger partial charge in [-0.15, -0.1) is 0 Å². The van der Waals surface area contributed by atoms with Gasteiger partial charge in [0.15, 0.2) is 5.75 Å². The number of benzene rings is 1. The Kier molecular flexibility index (Phi) is 4.95. The Bertz CT molecular complexity index is 476. The van der Waals surface area contributed by atoms with E-state index in [4.69, 9.17) is 10.5 Å². The van der Waals surface area contributed by atoms with Crippen molar-refractivity contribution >= 4 is 5.69 Å². The van der Waals surface area contributed by atoms with E-state index in [2.05, 4.69) is 6.92 Å². The number of nitro groups is 1. The van der Waals surface area contributed by atoms with E-state index < -0.39 is 4.92 Å². The van der Waals surface area contributed by atoms with E-state index in [1.807, 2.05) is 0 Å². The van der Waals surface area contributed by atoms with E-state index in [0.29, 0.717) is 18.2 Å². The van der Waals surface area contributed by atoms with E-state index in [1.54, 1.807) is 12.1 Å². The number of nitrogens with two attached hydrogens (primary N) is 1. The maximum absolute atomic E-state index is 11.2. The SMILES string of the molecule is CCC1CCCCC1Oc1ccc(CN)cc1[N+](=O)[O-]. The molecule has 0 amide bonds. The summed E-state index contributed by atoms with van der Waals surface area (Å²) in [7, 11) is 0. The fourth-order valence-electron chi connectivity index (χ4n) is 2.89. The number of nitro benzene ring substituents is 1. The quantitative estimate of drug-likeness (QED) is 0.661. The molecule has 0 aliphatic heterocycles. The second-order valence-electron chi connectivity index (χ2n) is 5.37. The lowest BCUT2D eigenvalue weighted by Crippen LogP contribution is -2.30. The first kappa shape index (κ1) is 14.8. The van der Waals surface area contributed by atoms with Crippen molar-refractivity contribution in [3.8, 4) is 5.75 Å². The zero-order chi connectivity index (χ0) is 14.5. The predicted molar refractivity (Wildman–Crippen MR) is 77.7 cm³/mol. The first-order chi connectivity index (χ1) is 9.65. The third kappa shape index (κ3) is 3.28. The highest BCUT2D eigenvalue weighted by Gasteiger charge is 2.27. The Hall–Kier alpha value is -1.62. The van der Waals surface area contributed by atoms with Gasteiger partial charge in [0.1, 0.15) is 6.10 Å². The van der Waals surface area contributed by atoms with Crippen molar-refractivity contribution in [3.63, 3.8) is 0 Å². The molecule has 2 unspecified atom stereocenters. The molecule has 1 fully saturated rings. The summed E-state index contributed by atoms with van der Waals surface area (Å²) in [6, 6.07) is 4.99. The Balaban J connectivity index is 2.21. The van der Waals surface area contributed by atoms with Crippen molar-refractivity contribution in [3.05, 3.63) is 33.9 Å². The van der Waals surface area contributed by atoms with Crippen LogP contribution in [0.25, 0.3) is 0 Å². The standard InChI is InChI=1S/C15H22N2O3/c1-2-12-5-3-4-6-14(12)20-15-8-7-11(10-16)9-13(15)17(18)19/h7-9,12,14H,2-6,10,16H2,1H3. The second-order valence-corrected chi connectivity index (χ2v) is 5.37. The highest BCUT2D eigenvalue weighted by Crippen LogP contribution is 2.34. The Labute approximate surface area is 119 Å². The molecule has 2 rings (SSSR count). The van der Waals surface area contributed by atoms with Gasteiger partial charge in [-0.1, -0.05) is 19.4 Å². The van der Waals surface area contributed by atoms with Gasteiger partial charge >= 0.3 is 5.69 Å². The zero-order valence-electron chi connectivity index (χ0n) is 11.9.